The van der Waals surface area contributed by atoms with Crippen LogP contribution in [0.1, 0.15) is 7.79 Å². The molecule has 25 heavy (non-hydrogen) atoms. The van der Waals surface area contributed by atoms with Crippen molar-refractivity contribution in [1.82, 2.24) is 0 Å². The van der Waals surface area contributed by atoms with Crippen molar-refractivity contribution in [3.8, 4) is 0 Å². The number of carbonyl (C=O) groups excluding carboxylic acids is 1. The van der Waals surface area contributed by atoms with Gasteiger partial charge in [0.25, 0.3) is 0 Å². The number of carbonyl (C=O) groups is 1. The van der Waals surface area contributed by atoms with Crippen LogP contribution in [0.4, 0.5) is 0 Å². The van der Waals surface area contributed by atoms with Gasteiger partial charge in [-0.3, -0.25) is 0 Å². The van der Waals surface area contributed by atoms with E-state index >= 15 is 0 Å². The molecule has 1 aliphatic carbocycles. The molecule has 0 heterocycles. The summed E-state index contributed by atoms with van der Waals surface area (Å²) in [7, 11) is -1.94. The summed E-state index contributed by atoms with van der Waals surface area (Å²) in [6.45, 7) is 6.55. The molecule has 0 saturated heterocycles. The summed E-state index contributed by atoms with van der Waals surface area (Å²) in [6.07, 6.45) is 0.134. The molecular formula is C17H27O5PSeSi. The zero-order valence-corrected chi connectivity index (χ0v) is 19.2. The Morgan fingerprint density at radius 3 is 2.28 bits per heavy atom. The van der Waals surface area contributed by atoms with E-state index in [1.807, 2.05) is 30.3 Å². The molecule has 2 rings (SSSR count). The first kappa shape index (κ1) is 19.3. The van der Waals surface area contributed by atoms with Gasteiger partial charge in [0, 0.05) is 0 Å². The van der Waals surface area contributed by atoms with Gasteiger partial charge in [0.1, 0.15) is 0 Å². The number of rotatable bonds is 8. The molecule has 1 aliphatic rings. The average molecular weight is 450 g/mol. The summed E-state index contributed by atoms with van der Waals surface area (Å²) in [5.74, 6) is -1.89. The van der Waals surface area contributed by atoms with Gasteiger partial charge in [-0.1, -0.05) is 0 Å². The molecule has 0 aliphatic heterocycles. The monoisotopic (exact) mass is 451 g/mol. The van der Waals surface area contributed by atoms with Crippen molar-refractivity contribution < 1.29 is 24.5 Å². The van der Waals surface area contributed by atoms with Gasteiger partial charge in [-0.25, -0.2) is 0 Å². The zero-order chi connectivity index (χ0) is 19.8. The van der Waals surface area contributed by atoms with Crippen molar-refractivity contribution in [3.63, 3.8) is 0 Å². The predicted molar refractivity (Wildman–Crippen MR) is 103 cm³/mol. The Labute approximate surface area is 158 Å². The third kappa shape index (κ3) is 3.82. The molecule has 0 spiro atoms. The quantitative estimate of drug-likeness (QED) is 0.346. The van der Waals surface area contributed by atoms with Crippen LogP contribution in [0.15, 0.2) is 30.3 Å². The van der Waals surface area contributed by atoms with Gasteiger partial charge >= 0.3 is 159 Å². The Hall–Kier alpha value is -0.424. The van der Waals surface area contributed by atoms with E-state index in [1.165, 1.54) is 21.3 Å². The second kappa shape index (κ2) is 7.67. The van der Waals surface area contributed by atoms with Gasteiger partial charge in [-0.05, 0) is 0 Å². The molecule has 3 atom stereocenters. The Morgan fingerprint density at radius 2 is 1.84 bits per heavy atom. The van der Waals surface area contributed by atoms with Crippen LogP contribution in [0.25, 0.3) is 0 Å². The molecule has 1 saturated carbocycles. The summed E-state index contributed by atoms with van der Waals surface area (Å²) >= 11 is -0.0461. The average Bonchev–Trinajstić information content (AvgIpc) is 3.26. The van der Waals surface area contributed by atoms with E-state index in [4.69, 9.17) is 13.8 Å². The number of benzene rings is 1. The van der Waals surface area contributed by atoms with Crippen molar-refractivity contribution in [2.24, 2.45) is 5.89 Å². The Balaban J connectivity index is 2.53. The maximum absolute atomic E-state index is 13.3. The molecule has 0 radical (unpaired) electrons. The van der Waals surface area contributed by atoms with E-state index in [9.17, 15) is 10.7 Å². The Morgan fingerprint density at radius 1 is 1.28 bits per heavy atom. The summed E-state index contributed by atoms with van der Waals surface area (Å²) in [6, 6.07) is 10.0. The van der Waals surface area contributed by atoms with Gasteiger partial charge in [0.2, 0.25) is 0 Å². The molecule has 8 heteroatoms. The summed E-state index contributed by atoms with van der Waals surface area (Å²) in [5, 5.41) is -1.56. The van der Waals surface area contributed by atoms with Crippen LogP contribution in [0, 0.1) is 5.89 Å². The number of hydrogen-bond donors (Lipinski definition) is 0. The second-order valence-electron chi connectivity index (χ2n) is 7.09. The van der Waals surface area contributed by atoms with Gasteiger partial charge in [0.15, 0.2) is 0 Å². The van der Waals surface area contributed by atoms with Crippen LogP contribution >= 0.6 is 7.60 Å². The molecule has 140 valence electrons. The molecule has 0 aromatic heterocycles. The molecule has 1 aromatic carbocycles. The number of ether oxygens (including phenoxy) is 1. The van der Waals surface area contributed by atoms with Crippen molar-refractivity contribution in [2.75, 3.05) is 21.3 Å². The Kier molecular flexibility index (Phi) is 5.94. The number of hydrogen-bond acceptors (Lipinski definition) is 5. The van der Waals surface area contributed by atoms with Gasteiger partial charge < -0.3 is 0 Å². The standard InChI is InChI=1S/C17H27O5PSeSi/c1-20-16(18)17(23(19,21-2)22-3)12-14(17)15(25(4,5)6)24-13-10-8-7-9-11-13/h7-11,14-15H,12H2,1-6H3/t14-,15+,17+/m1/s1/i14D. The molecule has 0 unspecified atom stereocenters. The fraction of sp³-hybridized carbons (Fsp3) is 0.588. The van der Waals surface area contributed by atoms with Gasteiger partial charge in [0.05, 0.1) is 0 Å². The third-order valence-electron chi connectivity index (χ3n) is 4.42. The predicted octanol–water partition coefficient (Wildman–Crippen LogP) is 3.10. The summed E-state index contributed by atoms with van der Waals surface area (Å²) in [5.41, 5.74) is 0. The van der Waals surface area contributed by atoms with Crippen molar-refractivity contribution in [1.29, 1.82) is 0 Å². The topological polar surface area (TPSA) is 61.8 Å². The van der Waals surface area contributed by atoms with Crippen LogP contribution in [0.3, 0.4) is 0 Å². The first-order valence-corrected chi connectivity index (χ1v) is 15.0. The van der Waals surface area contributed by atoms with Gasteiger partial charge in [-0.2, -0.15) is 0 Å². The molecule has 0 amide bonds. The second-order valence-corrected chi connectivity index (χ2v) is 18.3. The molecule has 1 fully saturated rings. The normalized spacial score (nSPS) is 28.2. The fourth-order valence-corrected chi connectivity index (χ4v) is 12.1. The third-order valence-corrected chi connectivity index (χ3v) is 16.2. The van der Waals surface area contributed by atoms with Crippen LogP contribution in [-0.4, -0.2) is 55.5 Å². The summed E-state index contributed by atoms with van der Waals surface area (Å²) in [4.78, 5) is 12.7. The SMILES string of the molecule is [2H][C@]1([C@@H]([Se]c2ccccc2)[Si](C)(C)C)C[C@]1(C(=O)OC)P(=O)(OC)OC. The van der Waals surface area contributed by atoms with E-state index in [0.29, 0.717) is 0 Å². The molecule has 1 aromatic rings. The van der Waals surface area contributed by atoms with E-state index in [2.05, 4.69) is 19.6 Å². The summed E-state index contributed by atoms with van der Waals surface area (Å²) < 4.78 is 39.0. The van der Waals surface area contributed by atoms with E-state index in [-0.39, 0.29) is 25.8 Å². The van der Waals surface area contributed by atoms with Crippen LogP contribution in [0.5, 0.6) is 0 Å². The Bertz CT molecular complexity index is 705. The fourth-order valence-electron chi connectivity index (χ4n) is 3.09. The minimum atomic E-state index is -3.83. The zero-order valence-electron chi connectivity index (χ0n) is 16.6. The molecular weight excluding hydrogens is 422 g/mol. The van der Waals surface area contributed by atoms with Gasteiger partial charge in [-0.15, -0.1) is 0 Å². The van der Waals surface area contributed by atoms with Crippen LogP contribution < -0.4 is 4.46 Å². The van der Waals surface area contributed by atoms with Crippen LogP contribution in [-0.2, 0) is 23.1 Å². The van der Waals surface area contributed by atoms with Crippen LogP contribution in [0.2, 0.25) is 24.1 Å². The first-order valence-electron chi connectivity index (χ1n) is 8.54. The maximum atomic E-state index is 13.3. The van der Waals surface area contributed by atoms with Crippen molar-refractivity contribution in [3.05, 3.63) is 30.3 Å². The molecule has 5 nitrogen and oxygen atoms in total. The number of esters is 1. The molecule has 0 bridgehead atoms. The minimum absolute atomic E-state index is 0.0461. The van der Waals surface area contributed by atoms with Crippen molar-refractivity contribution >= 4 is 41.1 Å². The van der Waals surface area contributed by atoms with E-state index in [0.717, 1.165) is 4.46 Å². The first-order chi connectivity index (χ1) is 12.0. The molecule has 0 N–H and O–H groups in total. The van der Waals surface area contributed by atoms with E-state index in [1.54, 1.807) is 0 Å². The van der Waals surface area contributed by atoms with Crippen molar-refractivity contribution in [2.45, 2.75) is 35.7 Å². The number of methoxy groups -OCH3 is 1. The van der Waals surface area contributed by atoms with E-state index < -0.39 is 32.7 Å².